The second kappa shape index (κ2) is 7.17. The molecular formula is C14H18ClNO5. The van der Waals surface area contributed by atoms with E-state index in [9.17, 15) is 9.59 Å². The van der Waals surface area contributed by atoms with Crippen molar-refractivity contribution in [2.75, 3.05) is 19.5 Å². The Morgan fingerprint density at radius 1 is 1.14 bits per heavy atom. The third kappa shape index (κ3) is 4.01. The first-order valence-electron chi connectivity index (χ1n) is 6.27. The highest BCUT2D eigenvalue weighted by Gasteiger charge is 2.26. The van der Waals surface area contributed by atoms with Gasteiger partial charge >= 0.3 is 5.97 Å². The van der Waals surface area contributed by atoms with E-state index in [0.29, 0.717) is 22.2 Å². The summed E-state index contributed by atoms with van der Waals surface area (Å²) in [6.45, 7) is 3.03. The Morgan fingerprint density at radius 3 is 2.19 bits per heavy atom. The van der Waals surface area contributed by atoms with Crippen molar-refractivity contribution in [3.05, 3.63) is 17.2 Å². The van der Waals surface area contributed by atoms with Gasteiger partial charge in [-0.2, -0.15) is 0 Å². The van der Waals surface area contributed by atoms with Crippen LogP contribution in [-0.4, -0.2) is 31.2 Å². The Balaban J connectivity index is 3.01. The number of carbonyl (C=O) groups excluding carboxylic acids is 1. The lowest BCUT2D eigenvalue weighted by atomic mass is 9.95. The number of halogens is 1. The summed E-state index contributed by atoms with van der Waals surface area (Å²) < 4.78 is 10.2. The molecule has 0 heterocycles. The fourth-order valence-electron chi connectivity index (χ4n) is 1.65. The van der Waals surface area contributed by atoms with E-state index in [1.807, 2.05) is 0 Å². The van der Waals surface area contributed by atoms with Gasteiger partial charge in [0.25, 0.3) is 0 Å². The van der Waals surface area contributed by atoms with Gasteiger partial charge in [0.2, 0.25) is 5.91 Å². The minimum absolute atomic E-state index is 0.347. The number of rotatable bonds is 6. The highest BCUT2D eigenvalue weighted by atomic mass is 35.5. The second-order valence-corrected chi connectivity index (χ2v) is 5.00. The van der Waals surface area contributed by atoms with Crippen LogP contribution >= 0.6 is 11.6 Å². The molecule has 0 radical (unpaired) electrons. The molecule has 2 unspecified atom stereocenters. The average molecular weight is 316 g/mol. The van der Waals surface area contributed by atoms with E-state index in [0.717, 1.165) is 0 Å². The number of benzene rings is 1. The molecule has 0 saturated heterocycles. The monoisotopic (exact) mass is 315 g/mol. The van der Waals surface area contributed by atoms with Crippen molar-refractivity contribution < 1.29 is 24.2 Å². The molecule has 1 aromatic rings. The van der Waals surface area contributed by atoms with Crippen molar-refractivity contribution in [1.82, 2.24) is 0 Å². The summed E-state index contributed by atoms with van der Waals surface area (Å²) in [5.74, 6) is -2.21. The molecule has 2 N–H and O–H groups in total. The molecule has 7 heteroatoms. The van der Waals surface area contributed by atoms with Crippen molar-refractivity contribution in [3.8, 4) is 11.5 Å². The van der Waals surface area contributed by atoms with Crippen molar-refractivity contribution >= 4 is 29.2 Å². The Morgan fingerprint density at radius 2 is 1.71 bits per heavy atom. The molecule has 0 aliphatic carbocycles. The summed E-state index contributed by atoms with van der Waals surface area (Å²) in [5, 5.41) is 11.9. The highest BCUT2D eigenvalue weighted by Crippen LogP contribution is 2.36. The first-order valence-corrected chi connectivity index (χ1v) is 6.64. The molecule has 1 aromatic carbocycles. The van der Waals surface area contributed by atoms with Crippen LogP contribution in [0, 0.1) is 11.8 Å². The number of nitrogens with one attached hydrogen (secondary N) is 1. The third-order valence-corrected chi connectivity index (χ3v) is 3.58. The van der Waals surface area contributed by atoms with Crippen LogP contribution in [0.25, 0.3) is 0 Å². The maximum Gasteiger partial charge on any atom is 0.307 e. The topological polar surface area (TPSA) is 84.9 Å². The summed E-state index contributed by atoms with van der Waals surface area (Å²) in [7, 11) is 2.89. The van der Waals surface area contributed by atoms with Gasteiger partial charge in [-0.1, -0.05) is 25.4 Å². The molecule has 0 saturated carbocycles. The Hall–Kier alpha value is -1.95. The number of methoxy groups -OCH3 is 2. The number of anilines is 1. The van der Waals surface area contributed by atoms with Crippen LogP contribution < -0.4 is 14.8 Å². The van der Waals surface area contributed by atoms with E-state index in [1.54, 1.807) is 6.92 Å². The molecule has 0 bridgehead atoms. The number of hydrogen-bond acceptors (Lipinski definition) is 4. The zero-order valence-corrected chi connectivity index (χ0v) is 13.0. The van der Waals surface area contributed by atoms with Gasteiger partial charge in [0.05, 0.1) is 30.8 Å². The minimum atomic E-state index is -1.03. The van der Waals surface area contributed by atoms with Crippen LogP contribution in [-0.2, 0) is 9.59 Å². The van der Waals surface area contributed by atoms with Crippen molar-refractivity contribution in [2.24, 2.45) is 11.8 Å². The highest BCUT2D eigenvalue weighted by molar-refractivity contribution is 6.32. The SMILES string of the molecule is COc1cc(NC(=O)C(C)C(C)C(=O)O)c(OC)cc1Cl. The van der Waals surface area contributed by atoms with E-state index >= 15 is 0 Å². The van der Waals surface area contributed by atoms with Gasteiger partial charge in [0.15, 0.2) is 0 Å². The van der Waals surface area contributed by atoms with E-state index in [-0.39, 0.29) is 0 Å². The van der Waals surface area contributed by atoms with Gasteiger partial charge in [0.1, 0.15) is 11.5 Å². The molecular weight excluding hydrogens is 298 g/mol. The number of ether oxygens (including phenoxy) is 2. The molecule has 6 nitrogen and oxygen atoms in total. The zero-order valence-electron chi connectivity index (χ0n) is 12.3. The molecule has 1 rings (SSSR count). The molecule has 0 aliphatic rings. The maximum atomic E-state index is 12.1. The lowest BCUT2D eigenvalue weighted by molar-refractivity contribution is -0.145. The third-order valence-electron chi connectivity index (χ3n) is 3.28. The number of carbonyl (C=O) groups is 2. The molecule has 0 aliphatic heterocycles. The quantitative estimate of drug-likeness (QED) is 0.843. The predicted molar refractivity (Wildman–Crippen MR) is 79.1 cm³/mol. The van der Waals surface area contributed by atoms with Gasteiger partial charge in [-0.05, 0) is 0 Å². The average Bonchev–Trinajstić information content (AvgIpc) is 2.46. The Bertz CT molecular complexity index is 546. The van der Waals surface area contributed by atoms with Crippen LogP contribution in [0.15, 0.2) is 12.1 Å². The summed E-state index contributed by atoms with van der Waals surface area (Å²) >= 11 is 5.98. The van der Waals surface area contributed by atoms with E-state index in [2.05, 4.69) is 5.32 Å². The Kier molecular flexibility index (Phi) is 5.84. The van der Waals surface area contributed by atoms with Gasteiger partial charge in [-0.25, -0.2) is 0 Å². The summed E-state index contributed by atoms with van der Waals surface area (Å²) in [6.07, 6.45) is 0. The van der Waals surface area contributed by atoms with Gasteiger partial charge in [-0.15, -0.1) is 0 Å². The normalized spacial score (nSPS) is 13.2. The summed E-state index contributed by atoms with van der Waals surface area (Å²) in [5.41, 5.74) is 0.369. The number of carboxylic acid groups (broad SMARTS) is 1. The first kappa shape index (κ1) is 17.1. The molecule has 21 heavy (non-hydrogen) atoms. The largest absolute Gasteiger partial charge is 0.495 e. The van der Waals surface area contributed by atoms with Gasteiger partial charge in [-0.3, -0.25) is 9.59 Å². The van der Waals surface area contributed by atoms with Crippen molar-refractivity contribution in [2.45, 2.75) is 13.8 Å². The molecule has 0 spiro atoms. The number of aliphatic carboxylic acids is 1. The van der Waals surface area contributed by atoms with Gasteiger partial charge in [0, 0.05) is 18.1 Å². The van der Waals surface area contributed by atoms with Crippen LogP contribution in [0.4, 0.5) is 5.69 Å². The van der Waals surface area contributed by atoms with E-state index in [4.69, 9.17) is 26.2 Å². The summed E-state index contributed by atoms with van der Waals surface area (Å²) in [4.78, 5) is 23.0. The molecule has 1 amide bonds. The van der Waals surface area contributed by atoms with Crippen LogP contribution in [0.1, 0.15) is 13.8 Å². The summed E-state index contributed by atoms with van der Waals surface area (Å²) in [6, 6.07) is 3.04. The van der Waals surface area contributed by atoms with Crippen LogP contribution in [0.2, 0.25) is 5.02 Å². The fraction of sp³-hybridized carbons (Fsp3) is 0.429. The lowest BCUT2D eigenvalue weighted by Gasteiger charge is -2.18. The van der Waals surface area contributed by atoms with Crippen LogP contribution in [0.5, 0.6) is 11.5 Å². The molecule has 116 valence electrons. The smallest absolute Gasteiger partial charge is 0.307 e. The fourth-order valence-corrected chi connectivity index (χ4v) is 1.88. The number of carboxylic acids is 1. The lowest BCUT2D eigenvalue weighted by Crippen LogP contribution is -2.30. The molecule has 0 aromatic heterocycles. The van der Waals surface area contributed by atoms with E-state index < -0.39 is 23.7 Å². The first-order chi connectivity index (χ1) is 9.81. The number of hydrogen-bond donors (Lipinski definition) is 2. The maximum absolute atomic E-state index is 12.1. The minimum Gasteiger partial charge on any atom is -0.495 e. The molecule has 2 atom stereocenters. The number of amides is 1. The van der Waals surface area contributed by atoms with E-state index in [1.165, 1.54) is 33.3 Å². The van der Waals surface area contributed by atoms with Gasteiger partial charge < -0.3 is 19.9 Å². The van der Waals surface area contributed by atoms with Crippen molar-refractivity contribution in [1.29, 1.82) is 0 Å². The zero-order chi connectivity index (χ0) is 16.2. The standard InChI is InChI=1S/C14H18ClNO5/c1-7(8(2)14(18)19)13(17)16-10-6-11(20-3)9(15)5-12(10)21-4/h5-8H,1-4H3,(H,16,17)(H,18,19). The molecule has 0 fully saturated rings. The van der Waals surface area contributed by atoms with Crippen LogP contribution in [0.3, 0.4) is 0 Å². The predicted octanol–water partition coefficient (Wildman–Crippen LogP) is 2.65. The second-order valence-electron chi connectivity index (χ2n) is 4.59. The van der Waals surface area contributed by atoms with Crippen molar-refractivity contribution in [3.63, 3.8) is 0 Å². The Labute approximate surface area is 128 Å².